The maximum absolute atomic E-state index is 11.2. The zero-order valence-corrected chi connectivity index (χ0v) is 10.1. The molecule has 1 fully saturated rings. The van der Waals surface area contributed by atoms with Crippen molar-refractivity contribution in [1.29, 1.82) is 0 Å². The van der Waals surface area contributed by atoms with Crippen LogP contribution >= 0.6 is 11.3 Å². The van der Waals surface area contributed by atoms with Crippen molar-refractivity contribution in [3.05, 3.63) is 16.6 Å². The number of hydrogen-bond acceptors (Lipinski definition) is 4. The quantitative estimate of drug-likeness (QED) is 0.875. The smallest absolute Gasteiger partial charge is 0.321 e. The van der Waals surface area contributed by atoms with Crippen molar-refractivity contribution in [3.63, 3.8) is 0 Å². The van der Waals surface area contributed by atoms with Crippen molar-refractivity contribution in [2.45, 2.75) is 32.4 Å². The summed E-state index contributed by atoms with van der Waals surface area (Å²) in [5.41, 5.74) is 0. The number of aromatic nitrogens is 1. The highest BCUT2D eigenvalue weighted by Gasteiger charge is 2.34. The molecule has 0 amide bonds. The number of nitrogens with zero attached hydrogens (tertiary/aromatic N) is 2. The van der Waals surface area contributed by atoms with Crippen LogP contribution in [0.15, 0.2) is 11.6 Å². The minimum Gasteiger partial charge on any atom is -0.480 e. The van der Waals surface area contributed by atoms with Crippen LogP contribution < -0.4 is 0 Å². The standard InChI is InChI=1S/C11H16N2O2S/c1-8-3-2-5-13(10(8)11(14)15)7-9-12-4-6-16-9/h4,6,8,10H,2-3,5,7H2,1H3,(H,14,15). The number of rotatable bonds is 3. The molecule has 1 aromatic heterocycles. The Morgan fingerprint density at radius 3 is 3.19 bits per heavy atom. The predicted octanol–water partition coefficient (Wildman–Crippen LogP) is 1.83. The van der Waals surface area contributed by atoms with Crippen LogP contribution in [0.3, 0.4) is 0 Å². The van der Waals surface area contributed by atoms with E-state index in [0.29, 0.717) is 6.54 Å². The van der Waals surface area contributed by atoms with Gasteiger partial charge >= 0.3 is 5.97 Å². The second-order valence-electron chi connectivity index (χ2n) is 4.30. The summed E-state index contributed by atoms with van der Waals surface area (Å²) in [4.78, 5) is 17.5. The van der Waals surface area contributed by atoms with E-state index in [1.807, 2.05) is 17.2 Å². The molecule has 0 spiro atoms. The molecule has 2 unspecified atom stereocenters. The van der Waals surface area contributed by atoms with Gasteiger partial charge in [-0.2, -0.15) is 0 Å². The van der Waals surface area contributed by atoms with Crippen LogP contribution in [-0.4, -0.2) is 33.5 Å². The highest BCUT2D eigenvalue weighted by Crippen LogP contribution is 2.25. The van der Waals surface area contributed by atoms with Crippen LogP contribution in [0.2, 0.25) is 0 Å². The Morgan fingerprint density at radius 2 is 2.56 bits per heavy atom. The Labute approximate surface area is 98.9 Å². The minimum absolute atomic E-state index is 0.228. The molecule has 0 aliphatic carbocycles. The van der Waals surface area contributed by atoms with E-state index in [2.05, 4.69) is 4.98 Å². The molecule has 16 heavy (non-hydrogen) atoms. The summed E-state index contributed by atoms with van der Waals surface area (Å²) in [6.07, 6.45) is 3.85. The lowest BCUT2D eigenvalue weighted by Gasteiger charge is -2.36. The van der Waals surface area contributed by atoms with E-state index in [1.54, 1.807) is 17.5 Å². The van der Waals surface area contributed by atoms with Crippen molar-refractivity contribution in [3.8, 4) is 0 Å². The fraction of sp³-hybridized carbons (Fsp3) is 0.636. The molecule has 0 aromatic carbocycles. The van der Waals surface area contributed by atoms with Crippen molar-refractivity contribution < 1.29 is 9.90 Å². The summed E-state index contributed by atoms with van der Waals surface area (Å²) in [6.45, 7) is 3.55. The molecular weight excluding hydrogens is 224 g/mol. The van der Waals surface area contributed by atoms with Crippen LogP contribution in [0.25, 0.3) is 0 Å². The summed E-state index contributed by atoms with van der Waals surface area (Å²) in [6, 6.07) is -0.349. The maximum atomic E-state index is 11.2. The molecule has 1 aliphatic heterocycles. The molecule has 1 saturated heterocycles. The van der Waals surface area contributed by atoms with Crippen molar-refractivity contribution in [2.24, 2.45) is 5.92 Å². The van der Waals surface area contributed by atoms with Gasteiger partial charge in [-0.15, -0.1) is 11.3 Å². The van der Waals surface area contributed by atoms with Gasteiger partial charge in [0.1, 0.15) is 11.0 Å². The lowest BCUT2D eigenvalue weighted by Crippen LogP contribution is -2.48. The second kappa shape index (κ2) is 4.93. The van der Waals surface area contributed by atoms with E-state index in [0.717, 1.165) is 24.4 Å². The zero-order chi connectivity index (χ0) is 11.5. The molecule has 0 bridgehead atoms. The van der Waals surface area contributed by atoms with Gasteiger partial charge in [0, 0.05) is 11.6 Å². The maximum Gasteiger partial charge on any atom is 0.321 e. The molecule has 1 aromatic rings. The fourth-order valence-corrected chi connectivity index (χ4v) is 3.00. The van der Waals surface area contributed by atoms with Gasteiger partial charge in [0.05, 0.1) is 6.54 Å². The molecule has 2 heterocycles. The first-order valence-corrected chi connectivity index (χ1v) is 6.41. The molecule has 2 rings (SSSR count). The summed E-state index contributed by atoms with van der Waals surface area (Å²) >= 11 is 1.59. The van der Waals surface area contributed by atoms with Crippen LogP contribution in [0, 0.1) is 5.92 Å². The summed E-state index contributed by atoms with van der Waals surface area (Å²) in [7, 11) is 0. The number of aliphatic carboxylic acids is 1. The molecule has 2 atom stereocenters. The molecule has 0 saturated carbocycles. The first-order valence-electron chi connectivity index (χ1n) is 5.53. The van der Waals surface area contributed by atoms with Gasteiger partial charge in [-0.25, -0.2) is 4.98 Å². The second-order valence-corrected chi connectivity index (χ2v) is 5.28. The average molecular weight is 240 g/mol. The monoisotopic (exact) mass is 240 g/mol. The molecule has 1 aliphatic rings. The summed E-state index contributed by atoms with van der Waals surface area (Å²) < 4.78 is 0. The lowest BCUT2D eigenvalue weighted by atomic mass is 9.91. The third-order valence-corrected chi connectivity index (χ3v) is 3.88. The first kappa shape index (κ1) is 11.5. The third kappa shape index (κ3) is 2.41. The summed E-state index contributed by atoms with van der Waals surface area (Å²) in [5, 5.41) is 12.2. The molecule has 5 heteroatoms. The van der Waals surface area contributed by atoms with Gasteiger partial charge in [0.25, 0.3) is 0 Å². The van der Waals surface area contributed by atoms with Gasteiger partial charge < -0.3 is 5.11 Å². The molecule has 88 valence electrons. The van der Waals surface area contributed by atoms with Gasteiger partial charge in [-0.1, -0.05) is 6.92 Å². The van der Waals surface area contributed by atoms with E-state index in [4.69, 9.17) is 0 Å². The Hall–Kier alpha value is -0.940. The van der Waals surface area contributed by atoms with E-state index in [1.165, 1.54) is 0 Å². The largest absolute Gasteiger partial charge is 0.480 e. The van der Waals surface area contributed by atoms with Crippen LogP contribution in [0.1, 0.15) is 24.8 Å². The molecular formula is C11H16N2O2S. The number of carboxylic acid groups (broad SMARTS) is 1. The van der Waals surface area contributed by atoms with Gasteiger partial charge in [0.2, 0.25) is 0 Å². The Morgan fingerprint density at radius 1 is 1.75 bits per heavy atom. The highest BCUT2D eigenvalue weighted by molar-refractivity contribution is 7.09. The predicted molar refractivity (Wildman–Crippen MR) is 62.3 cm³/mol. The Kier molecular flexibility index (Phi) is 3.56. The van der Waals surface area contributed by atoms with Crippen LogP contribution in [0.5, 0.6) is 0 Å². The lowest BCUT2D eigenvalue weighted by molar-refractivity contribution is -0.147. The van der Waals surface area contributed by atoms with E-state index >= 15 is 0 Å². The van der Waals surface area contributed by atoms with E-state index in [9.17, 15) is 9.90 Å². The minimum atomic E-state index is -0.705. The number of piperidine rings is 1. The number of carboxylic acids is 1. The van der Waals surface area contributed by atoms with Crippen LogP contribution in [0.4, 0.5) is 0 Å². The fourth-order valence-electron chi connectivity index (χ4n) is 2.35. The number of carbonyl (C=O) groups is 1. The molecule has 4 nitrogen and oxygen atoms in total. The topological polar surface area (TPSA) is 53.4 Å². The van der Waals surface area contributed by atoms with Crippen LogP contribution in [-0.2, 0) is 11.3 Å². The highest BCUT2D eigenvalue weighted by atomic mass is 32.1. The SMILES string of the molecule is CC1CCCN(Cc2nccs2)C1C(=O)O. The average Bonchev–Trinajstić information content (AvgIpc) is 2.70. The van der Waals surface area contributed by atoms with Gasteiger partial charge in [-0.3, -0.25) is 9.69 Å². The molecule has 1 N–H and O–H groups in total. The van der Waals surface area contributed by atoms with Crippen molar-refractivity contribution >= 4 is 17.3 Å². The van der Waals surface area contributed by atoms with Crippen molar-refractivity contribution in [1.82, 2.24) is 9.88 Å². The first-order chi connectivity index (χ1) is 7.68. The number of hydrogen-bond donors (Lipinski definition) is 1. The Bertz CT molecular complexity index is 353. The number of likely N-dealkylation sites (tertiary alicyclic amines) is 1. The van der Waals surface area contributed by atoms with E-state index < -0.39 is 5.97 Å². The van der Waals surface area contributed by atoms with Gasteiger partial charge in [0.15, 0.2) is 0 Å². The van der Waals surface area contributed by atoms with E-state index in [-0.39, 0.29) is 12.0 Å². The summed E-state index contributed by atoms with van der Waals surface area (Å²) in [5.74, 6) is -0.477. The normalized spacial score (nSPS) is 26.8. The van der Waals surface area contributed by atoms with Crippen molar-refractivity contribution in [2.75, 3.05) is 6.54 Å². The van der Waals surface area contributed by atoms with Gasteiger partial charge in [-0.05, 0) is 25.3 Å². The molecule has 0 radical (unpaired) electrons. The Balaban J connectivity index is 2.08. The zero-order valence-electron chi connectivity index (χ0n) is 9.30. The third-order valence-electron chi connectivity index (χ3n) is 3.11. The number of thiazole rings is 1.